The molecule has 2 bridgehead atoms. The monoisotopic (exact) mass is 378 g/mol. The Labute approximate surface area is 153 Å². The number of nitrogens with one attached hydrogen (secondary N) is 1. The highest BCUT2D eigenvalue weighted by atomic mass is 19.4. The van der Waals surface area contributed by atoms with Crippen molar-refractivity contribution in [2.45, 2.75) is 31.3 Å². The molecule has 2 unspecified atom stereocenters. The van der Waals surface area contributed by atoms with Gasteiger partial charge in [-0.1, -0.05) is 18.2 Å². The third-order valence-corrected chi connectivity index (χ3v) is 4.91. The summed E-state index contributed by atoms with van der Waals surface area (Å²) in [5.41, 5.74) is -1.09. The van der Waals surface area contributed by atoms with Crippen LogP contribution in [-0.2, 0) is 6.18 Å². The number of rotatable bonds is 2. The van der Waals surface area contributed by atoms with E-state index in [1.165, 1.54) is 24.1 Å². The van der Waals surface area contributed by atoms with Crippen LogP contribution in [0.1, 0.15) is 30.5 Å². The lowest BCUT2D eigenvalue weighted by Crippen LogP contribution is -2.65. The van der Waals surface area contributed by atoms with Crippen molar-refractivity contribution in [2.24, 2.45) is 0 Å². The molecule has 2 amide bonds. The van der Waals surface area contributed by atoms with Crippen LogP contribution in [-0.4, -0.2) is 18.9 Å². The van der Waals surface area contributed by atoms with Gasteiger partial charge in [-0.15, -0.1) is 0 Å². The van der Waals surface area contributed by atoms with Gasteiger partial charge in [0.25, 0.3) is 0 Å². The summed E-state index contributed by atoms with van der Waals surface area (Å²) in [6.07, 6.45) is -4.12. The SMILES string of the molecule is COc1cccc2c1OC1(C)CC2NC(=O)N1c1cccc(C(F)(F)F)c1. The van der Waals surface area contributed by atoms with Crippen molar-refractivity contribution in [3.63, 3.8) is 0 Å². The summed E-state index contributed by atoms with van der Waals surface area (Å²) < 4.78 is 50.8. The number of carbonyl (C=O) groups is 1. The number of hydrogen-bond acceptors (Lipinski definition) is 3. The van der Waals surface area contributed by atoms with E-state index >= 15 is 0 Å². The number of alkyl halides is 3. The predicted octanol–water partition coefficient (Wildman–Crippen LogP) is 4.48. The van der Waals surface area contributed by atoms with E-state index in [2.05, 4.69) is 5.32 Å². The van der Waals surface area contributed by atoms with E-state index in [4.69, 9.17) is 9.47 Å². The van der Waals surface area contributed by atoms with Crippen LogP contribution >= 0.6 is 0 Å². The number of carbonyl (C=O) groups excluding carboxylic acids is 1. The fraction of sp³-hybridized carbons (Fsp3) is 0.316. The Morgan fingerprint density at radius 3 is 2.70 bits per heavy atom. The van der Waals surface area contributed by atoms with Crippen molar-refractivity contribution in [3.8, 4) is 11.5 Å². The Morgan fingerprint density at radius 1 is 1.26 bits per heavy atom. The summed E-state index contributed by atoms with van der Waals surface area (Å²) in [5.74, 6) is 0.985. The van der Waals surface area contributed by atoms with Gasteiger partial charge in [0.2, 0.25) is 0 Å². The topological polar surface area (TPSA) is 50.8 Å². The molecule has 2 aliphatic heterocycles. The Balaban J connectivity index is 1.80. The molecule has 2 aromatic carbocycles. The number of amides is 2. The Morgan fingerprint density at radius 2 is 2.00 bits per heavy atom. The zero-order chi connectivity index (χ0) is 19.4. The molecule has 2 aliphatic rings. The van der Waals surface area contributed by atoms with Crippen molar-refractivity contribution in [3.05, 3.63) is 53.6 Å². The molecule has 0 radical (unpaired) electrons. The maximum Gasteiger partial charge on any atom is 0.416 e. The van der Waals surface area contributed by atoms with Crippen molar-refractivity contribution < 1.29 is 27.4 Å². The molecule has 27 heavy (non-hydrogen) atoms. The second kappa shape index (κ2) is 5.80. The zero-order valence-corrected chi connectivity index (χ0v) is 14.6. The maximum absolute atomic E-state index is 13.1. The minimum absolute atomic E-state index is 0.113. The average molecular weight is 378 g/mol. The molecular formula is C19H17F3N2O3. The normalized spacial score (nSPS) is 24.0. The van der Waals surface area contributed by atoms with Gasteiger partial charge in [0.05, 0.1) is 24.4 Å². The van der Waals surface area contributed by atoms with Crippen LogP contribution in [0.5, 0.6) is 11.5 Å². The summed E-state index contributed by atoms with van der Waals surface area (Å²) in [6.45, 7) is 1.69. The van der Waals surface area contributed by atoms with Crippen molar-refractivity contribution in [1.29, 1.82) is 0 Å². The van der Waals surface area contributed by atoms with Crippen molar-refractivity contribution in [2.75, 3.05) is 12.0 Å². The van der Waals surface area contributed by atoms with E-state index in [1.807, 2.05) is 6.07 Å². The first-order valence-corrected chi connectivity index (χ1v) is 8.37. The first-order valence-electron chi connectivity index (χ1n) is 8.37. The molecular weight excluding hydrogens is 361 g/mol. The Kier molecular flexibility index (Phi) is 3.76. The molecule has 1 N–H and O–H groups in total. The molecule has 1 fully saturated rings. The van der Waals surface area contributed by atoms with Crippen LogP contribution in [0.25, 0.3) is 0 Å². The number of benzene rings is 2. The molecule has 2 atom stereocenters. The summed E-state index contributed by atoms with van der Waals surface area (Å²) in [6, 6.07) is 9.20. The van der Waals surface area contributed by atoms with Crippen LogP contribution in [0, 0.1) is 0 Å². The number of fused-ring (bicyclic) bond motifs is 4. The first kappa shape index (κ1) is 17.5. The molecule has 4 rings (SSSR count). The quantitative estimate of drug-likeness (QED) is 0.838. The minimum atomic E-state index is -4.51. The van der Waals surface area contributed by atoms with E-state index in [-0.39, 0.29) is 11.7 Å². The molecule has 0 aliphatic carbocycles. The molecule has 2 heterocycles. The number of para-hydroxylation sites is 1. The van der Waals surface area contributed by atoms with E-state index in [0.29, 0.717) is 17.9 Å². The molecule has 0 spiro atoms. The average Bonchev–Trinajstić information content (AvgIpc) is 2.60. The van der Waals surface area contributed by atoms with Crippen molar-refractivity contribution in [1.82, 2.24) is 5.32 Å². The number of methoxy groups -OCH3 is 1. The van der Waals surface area contributed by atoms with Gasteiger partial charge in [0, 0.05) is 12.0 Å². The van der Waals surface area contributed by atoms with Crippen LogP contribution in [0.3, 0.4) is 0 Å². The lowest BCUT2D eigenvalue weighted by Gasteiger charge is -2.50. The maximum atomic E-state index is 13.1. The number of anilines is 1. The van der Waals surface area contributed by atoms with Gasteiger partial charge in [0.1, 0.15) is 0 Å². The van der Waals surface area contributed by atoms with Gasteiger partial charge >= 0.3 is 12.2 Å². The summed E-state index contributed by atoms with van der Waals surface area (Å²) >= 11 is 0. The van der Waals surface area contributed by atoms with Gasteiger partial charge in [-0.2, -0.15) is 13.2 Å². The van der Waals surface area contributed by atoms with E-state index < -0.39 is 23.5 Å². The number of halogens is 3. The summed E-state index contributed by atoms with van der Waals surface area (Å²) in [4.78, 5) is 14.0. The van der Waals surface area contributed by atoms with Gasteiger partial charge < -0.3 is 14.8 Å². The standard InChI is InChI=1S/C19H17F3N2O3/c1-18-10-14(13-7-4-8-15(26-2)16(13)27-18)23-17(25)24(18)12-6-3-5-11(9-12)19(20,21)22/h3-9,14H,10H2,1-2H3,(H,23,25). The highest BCUT2D eigenvalue weighted by Gasteiger charge is 2.50. The number of urea groups is 1. The molecule has 0 aromatic heterocycles. The lowest BCUT2D eigenvalue weighted by molar-refractivity contribution is -0.137. The van der Waals surface area contributed by atoms with Crippen LogP contribution < -0.4 is 19.7 Å². The van der Waals surface area contributed by atoms with Gasteiger partial charge in [-0.25, -0.2) is 4.79 Å². The number of nitrogens with zero attached hydrogens (tertiary/aromatic N) is 1. The Hall–Kier alpha value is -2.90. The minimum Gasteiger partial charge on any atom is -0.493 e. The fourth-order valence-electron chi connectivity index (χ4n) is 3.73. The van der Waals surface area contributed by atoms with Gasteiger partial charge in [-0.05, 0) is 31.2 Å². The molecule has 2 aromatic rings. The van der Waals surface area contributed by atoms with Crippen molar-refractivity contribution >= 4 is 11.7 Å². The zero-order valence-electron chi connectivity index (χ0n) is 14.6. The molecule has 8 heteroatoms. The van der Waals surface area contributed by atoms with Crippen LogP contribution in [0.4, 0.5) is 23.7 Å². The number of ether oxygens (including phenoxy) is 2. The highest BCUT2D eigenvalue weighted by molar-refractivity contribution is 5.95. The number of hydrogen-bond donors (Lipinski definition) is 1. The molecule has 5 nitrogen and oxygen atoms in total. The van der Waals surface area contributed by atoms with Gasteiger partial charge in [0.15, 0.2) is 17.2 Å². The van der Waals surface area contributed by atoms with E-state index in [0.717, 1.165) is 17.7 Å². The second-order valence-electron chi connectivity index (χ2n) is 6.75. The summed E-state index contributed by atoms with van der Waals surface area (Å²) in [5, 5.41) is 2.86. The molecule has 0 saturated carbocycles. The molecule has 1 saturated heterocycles. The largest absolute Gasteiger partial charge is 0.493 e. The Bertz CT molecular complexity index is 915. The van der Waals surface area contributed by atoms with Crippen LogP contribution in [0.15, 0.2) is 42.5 Å². The third-order valence-electron chi connectivity index (χ3n) is 4.91. The first-order chi connectivity index (χ1) is 12.7. The third kappa shape index (κ3) is 2.75. The lowest BCUT2D eigenvalue weighted by atomic mass is 9.89. The van der Waals surface area contributed by atoms with E-state index in [1.54, 1.807) is 19.1 Å². The fourth-order valence-corrected chi connectivity index (χ4v) is 3.73. The van der Waals surface area contributed by atoms with E-state index in [9.17, 15) is 18.0 Å². The predicted molar refractivity (Wildman–Crippen MR) is 91.8 cm³/mol. The highest BCUT2D eigenvalue weighted by Crippen LogP contribution is 2.49. The second-order valence-corrected chi connectivity index (χ2v) is 6.75. The van der Waals surface area contributed by atoms with Crippen LogP contribution in [0.2, 0.25) is 0 Å². The molecule has 142 valence electrons. The summed E-state index contributed by atoms with van der Waals surface area (Å²) in [7, 11) is 1.51. The smallest absolute Gasteiger partial charge is 0.416 e. The van der Waals surface area contributed by atoms with Gasteiger partial charge in [-0.3, -0.25) is 4.90 Å².